The van der Waals surface area contributed by atoms with Crippen LogP contribution in [0.15, 0.2) is 4.47 Å². The van der Waals surface area contributed by atoms with E-state index in [-0.39, 0.29) is 5.28 Å². The van der Waals surface area contributed by atoms with E-state index in [1.165, 1.54) is 0 Å². The zero-order chi connectivity index (χ0) is 9.59. The normalized spacial score (nSPS) is 11.1. The highest BCUT2D eigenvalue weighted by Crippen LogP contribution is 2.27. The van der Waals surface area contributed by atoms with E-state index in [0.717, 1.165) is 26.9 Å². The Hall–Kier alpha value is -0.610. The molecule has 3 nitrogen and oxygen atoms in total. The number of nitrogens with one attached hydrogen (secondary N) is 1. The maximum atomic E-state index is 5.75. The number of aromatic nitrogens is 3. The summed E-state index contributed by atoms with van der Waals surface area (Å²) < 4.78 is 0.954. The zero-order valence-corrected chi connectivity index (χ0v) is 9.49. The average molecular weight is 261 g/mol. The van der Waals surface area contributed by atoms with E-state index in [9.17, 15) is 0 Å². The van der Waals surface area contributed by atoms with Crippen molar-refractivity contribution in [2.75, 3.05) is 0 Å². The minimum absolute atomic E-state index is 0.282. The lowest BCUT2D eigenvalue weighted by Crippen LogP contribution is -1.87. The Morgan fingerprint density at radius 2 is 2.00 bits per heavy atom. The Balaban J connectivity index is 2.94. The van der Waals surface area contributed by atoms with Crippen molar-refractivity contribution >= 4 is 38.6 Å². The van der Waals surface area contributed by atoms with Crippen molar-refractivity contribution < 1.29 is 0 Å². The van der Waals surface area contributed by atoms with Crippen LogP contribution >= 0.6 is 27.5 Å². The fraction of sp³-hybridized carbons (Fsp3) is 0.250. The molecule has 0 saturated heterocycles. The molecule has 0 atom stereocenters. The van der Waals surface area contributed by atoms with Gasteiger partial charge in [0, 0.05) is 5.69 Å². The molecule has 2 aromatic heterocycles. The Kier molecular flexibility index (Phi) is 2.04. The summed E-state index contributed by atoms with van der Waals surface area (Å²) >= 11 is 9.19. The van der Waals surface area contributed by atoms with Crippen molar-refractivity contribution in [3.63, 3.8) is 0 Å². The Labute approximate surface area is 88.7 Å². The van der Waals surface area contributed by atoms with Gasteiger partial charge in [0.1, 0.15) is 5.52 Å². The Morgan fingerprint density at radius 3 is 2.69 bits per heavy atom. The second-order valence-corrected chi connectivity index (χ2v) is 4.00. The SMILES string of the molecule is Cc1[nH]c2c(C)nc(Cl)nc2c1Br. The highest BCUT2D eigenvalue weighted by atomic mass is 79.9. The van der Waals surface area contributed by atoms with Crippen LogP contribution in [0.4, 0.5) is 0 Å². The quantitative estimate of drug-likeness (QED) is 0.740. The van der Waals surface area contributed by atoms with Gasteiger partial charge in [-0.25, -0.2) is 9.97 Å². The molecule has 2 aromatic rings. The smallest absolute Gasteiger partial charge is 0.223 e. The number of halogens is 2. The molecule has 0 amide bonds. The van der Waals surface area contributed by atoms with Gasteiger partial charge in [0.25, 0.3) is 0 Å². The molecule has 13 heavy (non-hydrogen) atoms. The zero-order valence-electron chi connectivity index (χ0n) is 7.15. The van der Waals surface area contributed by atoms with Crippen LogP contribution in [0.2, 0.25) is 5.28 Å². The van der Waals surface area contributed by atoms with E-state index in [2.05, 4.69) is 30.9 Å². The van der Waals surface area contributed by atoms with Crippen molar-refractivity contribution in [2.45, 2.75) is 13.8 Å². The van der Waals surface area contributed by atoms with Gasteiger partial charge >= 0.3 is 0 Å². The van der Waals surface area contributed by atoms with E-state index < -0.39 is 0 Å². The molecule has 2 heterocycles. The maximum Gasteiger partial charge on any atom is 0.223 e. The average Bonchev–Trinajstić information content (AvgIpc) is 2.32. The number of fused-ring (bicyclic) bond motifs is 1. The molecule has 68 valence electrons. The van der Waals surface area contributed by atoms with E-state index in [4.69, 9.17) is 11.6 Å². The lowest BCUT2D eigenvalue weighted by atomic mass is 10.3. The van der Waals surface area contributed by atoms with Crippen molar-refractivity contribution in [1.29, 1.82) is 0 Å². The summed E-state index contributed by atoms with van der Waals surface area (Å²) in [6.07, 6.45) is 0. The first-order chi connectivity index (χ1) is 6.09. The summed E-state index contributed by atoms with van der Waals surface area (Å²) in [5.41, 5.74) is 3.68. The van der Waals surface area contributed by atoms with Crippen molar-refractivity contribution in [3.8, 4) is 0 Å². The van der Waals surface area contributed by atoms with Crippen molar-refractivity contribution in [3.05, 3.63) is 21.1 Å². The molecule has 0 spiro atoms. The van der Waals surface area contributed by atoms with Crippen LogP contribution in [0.5, 0.6) is 0 Å². The van der Waals surface area contributed by atoms with Crippen LogP contribution in [0.3, 0.4) is 0 Å². The summed E-state index contributed by atoms with van der Waals surface area (Å²) in [4.78, 5) is 11.4. The van der Waals surface area contributed by atoms with Gasteiger partial charge in [-0.3, -0.25) is 0 Å². The first-order valence-electron chi connectivity index (χ1n) is 3.77. The lowest BCUT2D eigenvalue weighted by molar-refractivity contribution is 1.14. The van der Waals surface area contributed by atoms with Crippen LogP contribution in [0, 0.1) is 13.8 Å². The van der Waals surface area contributed by atoms with Gasteiger partial charge in [-0.05, 0) is 41.4 Å². The number of aromatic amines is 1. The van der Waals surface area contributed by atoms with Crippen molar-refractivity contribution in [1.82, 2.24) is 15.0 Å². The Bertz CT molecular complexity index is 478. The van der Waals surface area contributed by atoms with Gasteiger partial charge < -0.3 is 4.98 Å². The van der Waals surface area contributed by atoms with Crippen LogP contribution < -0.4 is 0 Å². The molecule has 0 aromatic carbocycles. The molecule has 0 saturated carbocycles. The monoisotopic (exact) mass is 259 g/mol. The van der Waals surface area contributed by atoms with Crippen LogP contribution in [0.25, 0.3) is 11.0 Å². The first-order valence-corrected chi connectivity index (χ1v) is 4.94. The van der Waals surface area contributed by atoms with Gasteiger partial charge in [0.2, 0.25) is 5.28 Å². The standard InChI is InChI=1S/C8H7BrClN3/c1-3-5(9)7-6(11-3)4(2)12-8(10)13-7/h11H,1-2H3. The van der Waals surface area contributed by atoms with E-state index >= 15 is 0 Å². The van der Waals surface area contributed by atoms with Gasteiger partial charge in [-0.1, -0.05) is 0 Å². The molecule has 0 aliphatic carbocycles. The van der Waals surface area contributed by atoms with E-state index in [1.54, 1.807) is 0 Å². The van der Waals surface area contributed by atoms with Crippen LogP contribution in [0.1, 0.15) is 11.4 Å². The lowest BCUT2D eigenvalue weighted by Gasteiger charge is -1.95. The summed E-state index contributed by atoms with van der Waals surface area (Å²) in [7, 11) is 0. The van der Waals surface area contributed by atoms with Crippen molar-refractivity contribution in [2.24, 2.45) is 0 Å². The third-order valence-electron chi connectivity index (χ3n) is 1.91. The predicted octanol–water partition coefficient (Wildman–Crippen LogP) is 2.99. The number of hydrogen-bond donors (Lipinski definition) is 1. The molecule has 2 rings (SSSR count). The fourth-order valence-corrected chi connectivity index (χ4v) is 1.86. The van der Waals surface area contributed by atoms with E-state index in [0.29, 0.717) is 0 Å². The largest absolute Gasteiger partial charge is 0.355 e. The third kappa shape index (κ3) is 1.34. The number of hydrogen-bond acceptors (Lipinski definition) is 2. The molecule has 5 heteroatoms. The van der Waals surface area contributed by atoms with E-state index in [1.807, 2.05) is 13.8 Å². The Morgan fingerprint density at radius 1 is 1.31 bits per heavy atom. The maximum absolute atomic E-state index is 5.75. The minimum Gasteiger partial charge on any atom is -0.355 e. The molecule has 0 radical (unpaired) electrons. The molecule has 0 aliphatic rings. The third-order valence-corrected chi connectivity index (χ3v) is 3.05. The van der Waals surface area contributed by atoms with Crippen LogP contribution in [-0.4, -0.2) is 15.0 Å². The highest BCUT2D eigenvalue weighted by Gasteiger charge is 2.10. The summed E-state index contributed by atoms with van der Waals surface area (Å²) in [6, 6.07) is 0. The summed E-state index contributed by atoms with van der Waals surface area (Å²) in [5, 5.41) is 0.282. The summed E-state index contributed by atoms with van der Waals surface area (Å²) in [6.45, 7) is 3.87. The molecule has 0 unspecified atom stereocenters. The summed E-state index contributed by atoms with van der Waals surface area (Å²) in [5.74, 6) is 0. The molecular formula is C8H7BrClN3. The number of rotatable bonds is 0. The fourth-order valence-electron chi connectivity index (χ4n) is 1.27. The van der Waals surface area contributed by atoms with Gasteiger partial charge in [0.05, 0.1) is 15.7 Å². The van der Waals surface area contributed by atoms with Crippen LogP contribution in [-0.2, 0) is 0 Å². The molecule has 1 N–H and O–H groups in total. The predicted molar refractivity (Wildman–Crippen MR) is 56.1 cm³/mol. The van der Waals surface area contributed by atoms with Gasteiger partial charge in [-0.2, -0.15) is 0 Å². The number of nitrogens with zero attached hydrogens (tertiary/aromatic N) is 2. The number of H-pyrrole nitrogens is 1. The minimum atomic E-state index is 0.282. The van der Waals surface area contributed by atoms with Gasteiger partial charge in [-0.15, -0.1) is 0 Å². The second-order valence-electron chi connectivity index (χ2n) is 2.87. The second kappa shape index (κ2) is 2.96. The molecular weight excluding hydrogens is 253 g/mol. The molecule has 0 bridgehead atoms. The molecule has 0 aliphatic heterocycles. The number of aryl methyl sites for hydroxylation is 2. The molecule has 0 fully saturated rings. The topological polar surface area (TPSA) is 41.6 Å². The highest BCUT2D eigenvalue weighted by molar-refractivity contribution is 9.10. The van der Waals surface area contributed by atoms with Gasteiger partial charge in [0.15, 0.2) is 0 Å². The first kappa shape index (κ1) is 8.97.